The fraction of sp³-hybridized carbons (Fsp3) is 0.174. The molecular formula is C23H20F2N5O3S. The van der Waals surface area contributed by atoms with Gasteiger partial charge in [-0.25, -0.2) is 23.7 Å². The van der Waals surface area contributed by atoms with Gasteiger partial charge in [0.2, 0.25) is 5.91 Å². The molecule has 2 N–H and O–H groups in total. The highest BCUT2D eigenvalue weighted by Gasteiger charge is 2.15. The lowest BCUT2D eigenvalue weighted by molar-refractivity contribution is -0.115. The highest BCUT2D eigenvalue weighted by molar-refractivity contribution is 7.15. The van der Waals surface area contributed by atoms with Gasteiger partial charge in [0.1, 0.15) is 18.8 Å². The molecule has 8 nitrogen and oxygen atoms in total. The van der Waals surface area contributed by atoms with Gasteiger partial charge in [0.15, 0.2) is 28.3 Å². The number of benzene rings is 2. The van der Waals surface area contributed by atoms with Crippen LogP contribution >= 0.6 is 11.3 Å². The number of aromatic nitrogens is 3. The second-order valence-electron chi connectivity index (χ2n) is 7.02. The number of hydrogen-bond acceptors (Lipinski definition) is 8. The van der Waals surface area contributed by atoms with Crippen LogP contribution in [0.15, 0.2) is 42.9 Å². The van der Waals surface area contributed by atoms with Gasteiger partial charge in [-0.1, -0.05) is 13.0 Å². The number of fused-ring (bicyclic) bond motifs is 1. The van der Waals surface area contributed by atoms with Crippen molar-refractivity contribution in [2.24, 2.45) is 0 Å². The lowest BCUT2D eigenvalue weighted by Crippen LogP contribution is -2.15. The normalized spacial score (nSPS) is 10.8. The standard InChI is InChI=1S/C23H20F2N5O3S/c1-3-7-33-19-10-17-14(9-18(19)32-2)22(28-12-27-17)30-23-26-11-13(34-23)8-20(31)29-16-6-4-5-15(24)21(16)25/h4-7,9-12H,3,8H2,1-2H3,(H,29,31)(H,26,27,28,30). The predicted molar refractivity (Wildman–Crippen MR) is 125 cm³/mol. The molecule has 2 aromatic heterocycles. The molecule has 4 aromatic rings. The van der Waals surface area contributed by atoms with E-state index in [1.807, 2.05) is 6.92 Å². The SMILES string of the molecule is CC[CH]Oc1cc2ncnc(Nc3ncc(CC(=O)Nc4cccc(F)c4F)s3)c2cc1OC. The minimum atomic E-state index is -1.10. The molecule has 0 aliphatic heterocycles. The Kier molecular flexibility index (Phi) is 7.12. The number of halogens is 2. The Labute approximate surface area is 198 Å². The topological polar surface area (TPSA) is 98.3 Å². The quantitative estimate of drug-likeness (QED) is 0.335. The van der Waals surface area contributed by atoms with E-state index in [4.69, 9.17) is 9.47 Å². The van der Waals surface area contributed by atoms with Crippen LogP contribution in [0.5, 0.6) is 11.5 Å². The highest BCUT2D eigenvalue weighted by Crippen LogP contribution is 2.35. The van der Waals surface area contributed by atoms with E-state index >= 15 is 0 Å². The number of thiazole rings is 1. The first kappa shape index (κ1) is 23.3. The fourth-order valence-electron chi connectivity index (χ4n) is 3.09. The van der Waals surface area contributed by atoms with Crippen LogP contribution < -0.4 is 20.1 Å². The summed E-state index contributed by atoms with van der Waals surface area (Å²) >= 11 is 1.23. The van der Waals surface area contributed by atoms with Gasteiger partial charge in [-0.2, -0.15) is 0 Å². The van der Waals surface area contributed by atoms with E-state index in [9.17, 15) is 13.6 Å². The van der Waals surface area contributed by atoms with Crippen LogP contribution in [0.25, 0.3) is 10.9 Å². The van der Waals surface area contributed by atoms with E-state index < -0.39 is 17.5 Å². The van der Waals surface area contributed by atoms with Gasteiger partial charge in [-0.15, -0.1) is 11.3 Å². The maximum Gasteiger partial charge on any atom is 0.229 e. The summed E-state index contributed by atoms with van der Waals surface area (Å²) in [5, 5.41) is 6.69. The molecule has 1 amide bonds. The third-order valence-corrected chi connectivity index (χ3v) is 5.55. The first-order valence-electron chi connectivity index (χ1n) is 10.2. The van der Waals surface area contributed by atoms with Crippen molar-refractivity contribution in [2.75, 3.05) is 17.7 Å². The molecule has 2 heterocycles. The van der Waals surface area contributed by atoms with Crippen molar-refractivity contribution in [2.45, 2.75) is 19.8 Å². The molecule has 0 aliphatic rings. The van der Waals surface area contributed by atoms with Crippen molar-refractivity contribution in [3.05, 3.63) is 66.0 Å². The molecule has 4 rings (SSSR count). The number of hydrogen-bond donors (Lipinski definition) is 2. The third kappa shape index (κ3) is 5.20. The number of methoxy groups -OCH3 is 1. The van der Waals surface area contributed by atoms with Crippen molar-refractivity contribution in [3.8, 4) is 11.5 Å². The van der Waals surface area contributed by atoms with E-state index in [0.717, 1.165) is 12.5 Å². The molecule has 0 fully saturated rings. The Balaban J connectivity index is 1.49. The number of carbonyl (C=O) groups is 1. The average molecular weight is 485 g/mol. The molecule has 0 saturated heterocycles. The summed E-state index contributed by atoms with van der Waals surface area (Å²) in [6.07, 6.45) is 3.63. The summed E-state index contributed by atoms with van der Waals surface area (Å²) < 4.78 is 38.2. The van der Waals surface area contributed by atoms with Gasteiger partial charge in [0, 0.05) is 22.5 Å². The summed E-state index contributed by atoms with van der Waals surface area (Å²) in [6, 6.07) is 7.13. The Morgan fingerprint density at radius 1 is 1.18 bits per heavy atom. The number of nitrogens with one attached hydrogen (secondary N) is 2. The van der Waals surface area contributed by atoms with Gasteiger partial charge in [0.05, 0.1) is 24.7 Å². The van der Waals surface area contributed by atoms with Crippen molar-refractivity contribution in [1.82, 2.24) is 15.0 Å². The maximum absolute atomic E-state index is 13.8. The first-order chi connectivity index (χ1) is 16.5. The molecule has 175 valence electrons. The lowest BCUT2D eigenvalue weighted by atomic mass is 10.2. The summed E-state index contributed by atoms with van der Waals surface area (Å²) in [5.41, 5.74) is 0.431. The molecule has 2 aromatic carbocycles. The molecule has 11 heteroatoms. The minimum absolute atomic E-state index is 0.0533. The third-order valence-electron chi connectivity index (χ3n) is 4.64. The zero-order chi connectivity index (χ0) is 24.1. The monoisotopic (exact) mass is 484 g/mol. The number of rotatable bonds is 9. The summed E-state index contributed by atoms with van der Waals surface area (Å²) in [6.45, 7) is 3.63. The van der Waals surface area contributed by atoms with Gasteiger partial charge < -0.3 is 20.1 Å². The first-order valence-corrected chi connectivity index (χ1v) is 11.1. The van der Waals surface area contributed by atoms with E-state index in [1.54, 1.807) is 25.8 Å². The van der Waals surface area contributed by atoms with E-state index in [-0.39, 0.29) is 12.1 Å². The summed E-state index contributed by atoms with van der Waals surface area (Å²) in [5.74, 6) is -1.06. The van der Waals surface area contributed by atoms with Crippen molar-refractivity contribution in [1.29, 1.82) is 0 Å². The molecule has 0 saturated carbocycles. The Morgan fingerprint density at radius 3 is 2.82 bits per heavy atom. The molecule has 0 bridgehead atoms. The smallest absolute Gasteiger partial charge is 0.229 e. The Bertz CT molecular complexity index is 1330. The summed E-state index contributed by atoms with van der Waals surface area (Å²) in [7, 11) is 1.55. The van der Waals surface area contributed by atoms with E-state index in [0.29, 0.717) is 38.2 Å². The van der Waals surface area contributed by atoms with Crippen LogP contribution in [0, 0.1) is 18.2 Å². The molecule has 0 spiro atoms. The van der Waals surface area contributed by atoms with Gasteiger partial charge >= 0.3 is 0 Å². The van der Waals surface area contributed by atoms with Crippen LogP contribution in [0.4, 0.5) is 25.4 Å². The molecule has 0 unspecified atom stereocenters. The maximum atomic E-state index is 13.8. The zero-order valence-corrected chi connectivity index (χ0v) is 19.1. The second kappa shape index (κ2) is 10.4. The number of nitrogens with zero attached hydrogens (tertiary/aromatic N) is 3. The zero-order valence-electron chi connectivity index (χ0n) is 18.3. The van der Waals surface area contributed by atoms with Crippen molar-refractivity contribution < 1.29 is 23.0 Å². The van der Waals surface area contributed by atoms with Crippen LogP contribution in [-0.4, -0.2) is 28.0 Å². The largest absolute Gasteiger partial charge is 0.493 e. The second-order valence-corrected chi connectivity index (χ2v) is 8.13. The molecule has 1 radical (unpaired) electrons. The molecule has 0 atom stereocenters. The summed E-state index contributed by atoms with van der Waals surface area (Å²) in [4.78, 5) is 25.8. The average Bonchev–Trinajstić information content (AvgIpc) is 3.26. The molecule has 34 heavy (non-hydrogen) atoms. The molecular weight excluding hydrogens is 464 g/mol. The molecule has 0 aliphatic carbocycles. The minimum Gasteiger partial charge on any atom is -0.493 e. The van der Waals surface area contributed by atoms with Gasteiger partial charge in [0.25, 0.3) is 0 Å². The fourth-order valence-corrected chi connectivity index (χ4v) is 3.90. The van der Waals surface area contributed by atoms with E-state index in [2.05, 4.69) is 25.6 Å². The van der Waals surface area contributed by atoms with Crippen LogP contribution in [0.1, 0.15) is 18.2 Å². The van der Waals surface area contributed by atoms with Crippen molar-refractivity contribution >= 4 is 44.8 Å². The van der Waals surface area contributed by atoms with Gasteiger partial charge in [-0.3, -0.25) is 4.79 Å². The van der Waals surface area contributed by atoms with Crippen LogP contribution in [0.3, 0.4) is 0 Å². The number of anilines is 3. The van der Waals surface area contributed by atoms with Crippen molar-refractivity contribution in [3.63, 3.8) is 0 Å². The van der Waals surface area contributed by atoms with Crippen LogP contribution in [0.2, 0.25) is 0 Å². The van der Waals surface area contributed by atoms with Crippen LogP contribution in [-0.2, 0) is 11.2 Å². The lowest BCUT2D eigenvalue weighted by Gasteiger charge is -2.12. The number of carbonyl (C=O) groups excluding carboxylic acids is 1. The predicted octanol–water partition coefficient (Wildman–Crippen LogP) is 5.25. The highest BCUT2D eigenvalue weighted by atomic mass is 32.1. The number of ether oxygens (including phenoxy) is 2. The van der Waals surface area contributed by atoms with Gasteiger partial charge in [-0.05, 0) is 24.6 Å². The van der Waals surface area contributed by atoms with E-state index in [1.165, 1.54) is 36.0 Å². The number of amides is 1. The Morgan fingerprint density at radius 2 is 2.03 bits per heavy atom. The Hall–Kier alpha value is -3.86.